The van der Waals surface area contributed by atoms with Gasteiger partial charge in [-0.3, -0.25) is 0 Å². The number of hydrogen-bond acceptors (Lipinski definition) is 2. The van der Waals surface area contributed by atoms with Crippen LogP contribution in [-0.2, 0) is 0 Å². The van der Waals surface area contributed by atoms with Gasteiger partial charge in [0.1, 0.15) is 0 Å². The summed E-state index contributed by atoms with van der Waals surface area (Å²) in [5.74, 6) is 0.621. The predicted molar refractivity (Wildman–Crippen MR) is 70.6 cm³/mol. The Morgan fingerprint density at radius 1 is 1.13 bits per heavy atom. The molecule has 1 fully saturated rings. The minimum absolute atomic E-state index is 0. The van der Waals surface area contributed by atoms with Gasteiger partial charge < -0.3 is 10.6 Å². The molecule has 0 saturated heterocycles. The lowest BCUT2D eigenvalue weighted by atomic mass is 10.1. The Kier molecular flexibility index (Phi) is 5.43. The van der Waals surface area contributed by atoms with Gasteiger partial charge in [0.2, 0.25) is 0 Å². The lowest BCUT2D eigenvalue weighted by molar-refractivity contribution is 0.989. The molecule has 1 aliphatic rings. The van der Waals surface area contributed by atoms with Crippen LogP contribution < -0.4 is 10.6 Å². The SMILES string of the molecule is CN(C)c1ccc([C@@H]2C[C@H]2N)cc1.Cl.Cl. The Labute approximate surface area is 104 Å². The average Bonchev–Trinajstić information content (AvgIpc) is 2.83. The molecule has 0 bridgehead atoms. The van der Waals surface area contributed by atoms with Crippen LogP contribution in [0.25, 0.3) is 0 Å². The van der Waals surface area contributed by atoms with E-state index in [4.69, 9.17) is 5.73 Å². The summed E-state index contributed by atoms with van der Waals surface area (Å²) < 4.78 is 0. The molecule has 1 aromatic rings. The Morgan fingerprint density at radius 2 is 1.60 bits per heavy atom. The van der Waals surface area contributed by atoms with Crippen LogP contribution in [0, 0.1) is 0 Å². The van der Waals surface area contributed by atoms with E-state index in [-0.39, 0.29) is 24.8 Å². The van der Waals surface area contributed by atoms with Crippen molar-refractivity contribution in [3.05, 3.63) is 29.8 Å². The zero-order valence-electron chi connectivity index (χ0n) is 9.01. The third-order valence-electron chi connectivity index (χ3n) is 2.68. The summed E-state index contributed by atoms with van der Waals surface area (Å²) in [6.45, 7) is 0. The summed E-state index contributed by atoms with van der Waals surface area (Å²) in [5.41, 5.74) is 8.42. The first-order chi connectivity index (χ1) is 6.18. The van der Waals surface area contributed by atoms with Crippen molar-refractivity contribution in [2.24, 2.45) is 5.73 Å². The first-order valence-electron chi connectivity index (χ1n) is 4.71. The molecule has 2 N–H and O–H groups in total. The molecular weight excluding hydrogens is 231 g/mol. The van der Waals surface area contributed by atoms with E-state index in [0.717, 1.165) is 6.42 Å². The van der Waals surface area contributed by atoms with Crippen molar-refractivity contribution in [2.45, 2.75) is 18.4 Å². The summed E-state index contributed by atoms with van der Waals surface area (Å²) in [7, 11) is 4.11. The van der Waals surface area contributed by atoms with E-state index in [1.807, 2.05) is 0 Å². The highest BCUT2D eigenvalue weighted by Gasteiger charge is 2.34. The Morgan fingerprint density at radius 3 is 1.93 bits per heavy atom. The zero-order valence-corrected chi connectivity index (χ0v) is 10.6. The molecule has 15 heavy (non-hydrogen) atoms. The molecular formula is C11H18Cl2N2. The number of hydrogen-bond donors (Lipinski definition) is 1. The number of nitrogens with two attached hydrogens (primary N) is 1. The highest BCUT2D eigenvalue weighted by Crippen LogP contribution is 2.39. The lowest BCUT2D eigenvalue weighted by Gasteiger charge is -2.12. The van der Waals surface area contributed by atoms with Crippen LogP contribution in [-0.4, -0.2) is 20.1 Å². The number of halogens is 2. The zero-order chi connectivity index (χ0) is 9.42. The van der Waals surface area contributed by atoms with Crippen LogP contribution in [0.3, 0.4) is 0 Å². The predicted octanol–water partition coefficient (Wildman–Crippen LogP) is 2.41. The first-order valence-corrected chi connectivity index (χ1v) is 4.71. The van der Waals surface area contributed by atoms with Crippen molar-refractivity contribution in [3.63, 3.8) is 0 Å². The minimum Gasteiger partial charge on any atom is -0.378 e. The summed E-state index contributed by atoms with van der Waals surface area (Å²) in [6.07, 6.45) is 1.15. The van der Waals surface area contributed by atoms with E-state index >= 15 is 0 Å². The molecule has 1 aromatic carbocycles. The Hall–Kier alpha value is -0.440. The van der Waals surface area contributed by atoms with Crippen molar-refractivity contribution in [3.8, 4) is 0 Å². The van der Waals surface area contributed by atoms with E-state index < -0.39 is 0 Å². The van der Waals surface area contributed by atoms with Crippen LogP contribution in [0.2, 0.25) is 0 Å². The van der Waals surface area contributed by atoms with E-state index in [9.17, 15) is 0 Å². The smallest absolute Gasteiger partial charge is 0.0361 e. The van der Waals surface area contributed by atoms with Gasteiger partial charge in [-0.1, -0.05) is 12.1 Å². The van der Waals surface area contributed by atoms with Crippen molar-refractivity contribution >= 4 is 30.5 Å². The Bertz CT molecular complexity index is 298. The molecule has 0 radical (unpaired) electrons. The van der Waals surface area contributed by atoms with Gasteiger partial charge in [0, 0.05) is 31.7 Å². The van der Waals surface area contributed by atoms with Crippen molar-refractivity contribution < 1.29 is 0 Å². The molecule has 0 aliphatic heterocycles. The van der Waals surface area contributed by atoms with Crippen LogP contribution >= 0.6 is 24.8 Å². The van der Waals surface area contributed by atoms with Gasteiger partial charge in [0.05, 0.1) is 0 Å². The van der Waals surface area contributed by atoms with Crippen LogP contribution in [0.1, 0.15) is 17.9 Å². The molecule has 2 rings (SSSR count). The first kappa shape index (κ1) is 14.6. The molecule has 4 heteroatoms. The van der Waals surface area contributed by atoms with E-state index in [1.165, 1.54) is 11.3 Å². The van der Waals surface area contributed by atoms with Gasteiger partial charge in [-0.05, 0) is 24.1 Å². The maximum absolute atomic E-state index is 5.79. The average molecular weight is 249 g/mol. The Balaban J connectivity index is 0.000000980. The molecule has 0 amide bonds. The van der Waals surface area contributed by atoms with Gasteiger partial charge in [-0.25, -0.2) is 0 Å². The summed E-state index contributed by atoms with van der Waals surface area (Å²) in [5, 5.41) is 0. The highest BCUT2D eigenvalue weighted by atomic mass is 35.5. The molecule has 1 saturated carbocycles. The van der Waals surface area contributed by atoms with Crippen LogP contribution in [0.5, 0.6) is 0 Å². The molecule has 2 nitrogen and oxygen atoms in total. The minimum atomic E-state index is 0. The molecule has 2 atom stereocenters. The van der Waals surface area contributed by atoms with E-state index in [1.54, 1.807) is 0 Å². The fraction of sp³-hybridized carbons (Fsp3) is 0.455. The van der Waals surface area contributed by atoms with Crippen molar-refractivity contribution in [1.82, 2.24) is 0 Å². The molecule has 1 aliphatic carbocycles. The second kappa shape index (κ2) is 5.59. The quantitative estimate of drug-likeness (QED) is 0.872. The van der Waals surface area contributed by atoms with Gasteiger partial charge in [0.15, 0.2) is 0 Å². The number of nitrogens with zero attached hydrogens (tertiary/aromatic N) is 1. The van der Waals surface area contributed by atoms with Crippen molar-refractivity contribution in [2.75, 3.05) is 19.0 Å². The largest absolute Gasteiger partial charge is 0.378 e. The lowest BCUT2D eigenvalue weighted by Crippen LogP contribution is -2.08. The normalized spacial score (nSPS) is 22.3. The maximum Gasteiger partial charge on any atom is 0.0361 e. The van der Waals surface area contributed by atoms with Gasteiger partial charge in [0.25, 0.3) is 0 Å². The molecule has 0 unspecified atom stereocenters. The van der Waals surface area contributed by atoms with Crippen LogP contribution in [0.15, 0.2) is 24.3 Å². The topological polar surface area (TPSA) is 29.3 Å². The van der Waals surface area contributed by atoms with Gasteiger partial charge in [-0.15, -0.1) is 24.8 Å². The molecule has 0 aromatic heterocycles. The monoisotopic (exact) mass is 248 g/mol. The second-order valence-corrected chi connectivity index (χ2v) is 3.99. The van der Waals surface area contributed by atoms with Gasteiger partial charge >= 0.3 is 0 Å². The summed E-state index contributed by atoms with van der Waals surface area (Å²) in [4.78, 5) is 2.11. The maximum atomic E-state index is 5.79. The van der Waals surface area contributed by atoms with E-state index in [2.05, 4.69) is 43.3 Å². The number of anilines is 1. The second-order valence-electron chi connectivity index (χ2n) is 3.99. The third kappa shape index (κ3) is 3.26. The molecule has 0 spiro atoms. The number of benzene rings is 1. The summed E-state index contributed by atoms with van der Waals surface area (Å²) >= 11 is 0. The highest BCUT2D eigenvalue weighted by molar-refractivity contribution is 5.85. The van der Waals surface area contributed by atoms with Gasteiger partial charge in [-0.2, -0.15) is 0 Å². The molecule has 0 heterocycles. The fourth-order valence-corrected chi connectivity index (χ4v) is 1.62. The number of rotatable bonds is 2. The standard InChI is InChI=1S/C11H16N2.2ClH/c1-13(2)9-5-3-8(4-6-9)10-7-11(10)12;;/h3-6,10-11H,7,12H2,1-2H3;2*1H/t10-,11+;;/m0../s1. The van der Waals surface area contributed by atoms with E-state index in [0.29, 0.717) is 12.0 Å². The molecule has 86 valence electrons. The third-order valence-corrected chi connectivity index (χ3v) is 2.68. The van der Waals surface area contributed by atoms with Crippen molar-refractivity contribution in [1.29, 1.82) is 0 Å². The van der Waals surface area contributed by atoms with Crippen LogP contribution in [0.4, 0.5) is 5.69 Å². The fourth-order valence-electron chi connectivity index (χ4n) is 1.62. The summed E-state index contributed by atoms with van der Waals surface area (Å²) in [6, 6.07) is 9.09.